The molecule has 102 valence electrons. The number of hydrogen-bond acceptors (Lipinski definition) is 5. The van der Waals surface area contributed by atoms with Gasteiger partial charge in [-0.25, -0.2) is 9.97 Å². The number of hydrogen-bond donors (Lipinski definition) is 1. The average molecular weight is 275 g/mol. The van der Waals surface area contributed by atoms with Crippen LogP contribution in [0.5, 0.6) is 0 Å². The highest BCUT2D eigenvalue weighted by Crippen LogP contribution is 2.28. The molecule has 1 aromatic carbocycles. The first-order valence-corrected chi connectivity index (χ1v) is 6.52. The molecular weight excluding hydrogens is 262 g/mol. The summed E-state index contributed by atoms with van der Waals surface area (Å²) in [5.74, 6) is 1.34. The average Bonchev–Trinajstić information content (AvgIpc) is 2.56. The molecule has 0 fully saturated rings. The Balaban J connectivity index is 1.84. The smallest absolute Gasteiger partial charge is 0.174 e. The minimum Gasteiger partial charge on any atom is -0.338 e. The lowest BCUT2D eigenvalue weighted by atomic mass is 10.2. The van der Waals surface area contributed by atoms with Crippen LogP contribution >= 0.6 is 0 Å². The third kappa shape index (κ3) is 3.48. The number of pyridine rings is 2. The molecule has 0 radical (unpaired) electrons. The van der Waals surface area contributed by atoms with E-state index in [1.807, 2.05) is 54.6 Å². The first-order chi connectivity index (χ1) is 10.4. The minimum absolute atomic E-state index is 0.574. The van der Waals surface area contributed by atoms with Gasteiger partial charge in [0.25, 0.3) is 0 Å². The topological polar surface area (TPSA) is 62.5 Å². The molecule has 0 bridgehead atoms. The Bertz CT molecular complexity index is 726. The second-order valence-corrected chi connectivity index (χ2v) is 4.25. The Labute approximate surface area is 122 Å². The summed E-state index contributed by atoms with van der Waals surface area (Å²) in [6.07, 6.45) is 3.42. The van der Waals surface area contributed by atoms with Crippen molar-refractivity contribution in [2.45, 2.75) is 0 Å². The van der Waals surface area contributed by atoms with Gasteiger partial charge in [0.1, 0.15) is 11.5 Å². The van der Waals surface area contributed by atoms with Gasteiger partial charge in [0, 0.05) is 12.4 Å². The first-order valence-electron chi connectivity index (χ1n) is 6.52. The number of azo groups is 1. The van der Waals surface area contributed by atoms with Gasteiger partial charge in [-0.3, -0.25) is 0 Å². The third-order valence-electron chi connectivity index (χ3n) is 2.74. The zero-order valence-corrected chi connectivity index (χ0v) is 11.2. The molecule has 0 aliphatic heterocycles. The Morgan fingerprint density at radius 2 is 1.48 bits per heavy atom. The highest BCUT2D eigenvalue weighted by atomic mass is 15.2. The van der Waals surface area contributed by atoms with E-state index in [0.717, 1.165) is 17.2 Å². The lowest BCUT2D eigenvalue weighted by Crippen LogP contribution is -1.92. The Kier molecular flexibility index (Phi) is 3.93. The molecule has 0 spiro atoms. The number of anilines is 2. The maximum atomic E-state index is 4.24. The van der Waals surface area contributed by atoms with Crippen molar-refractivity contribution in [2.75, 3.05) is 5.32 Å². The number of para-hydroxylation sites is 1. The Hall–Kier alpha value is -3.08. The summed E-state index contributed by atoms with van der Waals surface area (Å²) >= 11 is 0. The van der Waals surface area contributed by atoms with Crippen LogP contribution in [0.2, 0.25) is 0 Å². The van der Waals surface area contributed by atoms with Crippen molar-refractivity contribution in [2.24, 2.45) is 10.2 Å². The van der Waals surface area contributed by atoms with Gasteiger partial charge in [-0.1, -0.05) is 24.3 Å². The van der Waals surface area contributed by atoms with Gasteiger partial charge < -0.3 is 5.32 Å². The fraction of sp³-hybridized carbons (Fsp3) is 0. The second-order valence-electron chi connectivity index (χ2n) is 4.25. The normalized spacial score (nSPS) is 10.7. The minimum atomic E-state index is 0.574. The van der Waals surface area contributed by atoms with Crippen LogP contribution in [-0.4, -0.2) is 9.97 Å². The molecule has 0 saturated carbocycles. The summed E-state index contributed by atoms with van der Waals surface area (Å²) in [5.41, 5.74) is 1.57. The van der Waals surface area contributed by atoms with Crippen molar-refractivity contribution in [3.05, 3.63) is 73.1 Å². The van der Waals surface area contributed by atoms with E-state index in [-0.39, 0.29) is 0 Å². The monoisotopic (exact) mass is 275 g/mol. The van der Waals surface area contributed by atoms with Crippen LogP contribution in [0.3, 0.4) is 0 Å². The molecule has 5 nitrogen and oxygen atoms in total. The fourth-order valence-electron chi connectivity index (χ4n) is 1.76. The summed E-state index contributed by atoms with van der Waals surface area (Å²) in [6.45, 7) is 0. The lowest BCUT2D eigenvalue weighted by Gasteiger charge is -2.07. The van der Waals surface area contributed by atoms with Gasteiger partial charge in [0.2, 0.25) is 0 Å². The van der Waals surface area contributed by atoms with Crippen LogP contribution in [0, 0.1) is 0 Å². The van der Waals surface area contributed by atoms with Gasteiger partial charge in [-0.05, 0) is 36.4 Å². The molecule has 0 aliphatic carbocycles. The fourth-order valence-corrected chi connectivity index (χ4v) is 1.76. The molecule has 3 aromatic rings. The summed E-state index contributed by atoms with van der Waals surface area (Å²) in [5, 5.41) is 11.6. The van der Waals surface area contributed by atoms with Crippen LogP contribution in [0.4, 0.5) is 23.0 Å². The number of benzene rings is 1. The Morgan fingerprint density at radius 3 is 2.24 bits per heavy atom. The molecule has 0 amide bonds. The summed E-state index contributed by atoms with van der Waals surface area (Å²) in [4.78, 5) is 8.35. The second kappa shape index (κ2) is 6.38. The third-order valence-corrected chi connectivity index (χ3v) is 2.74. The van der Waals surface area contributed by atoms with Crippen molar-refractivity contribution in [1.29, 1.82) is 0 Å². The molecular formula is C16H13N5. The zero-order valence-electron chi connectivity index (χ0n) is 11.2. The van der Waals surface area contributed by atoms with E-state index < -0.39 is 0 Å². The van der Waals surface area contributed by atoms with Gasteiger partial charge >= 0.3 is 0 Å². The summed E-state index contributed by atoms with van der Waals surface area (Å²) in [6, 6.07) is 18.9. The molecule has 2 heterocycles. The molecule has 2 aromatic heterocycles. The molecule has 0 aliphatic rings. The van der Waals surface area contributed by atoms with Crippen molar-refractivity contribution in [3.63, 3.8) is 0 Å². The largest absolute Gasteiger partial charge is 0.338 e. The molecule has 0 atom stereocenters. The highest BCUT2D eigenvalue weighted by Gasteiger charge is 2.01. The molecule has 0 unspecified atom stereocenters. The molecule has 0 saturated heterocycles. The number of nitrogens with one attached hydrogen (secondary N) is 1. The van der Waals surface area contributed by atoms with Crippen LogP contribution in [0.1, 0.15) is 0 Å². The van der Waals surface area contributed by atoms with Crippen LogP contribution in [-0.2, 0) is 0 Å². The van der Waals surface area contributed by atoms with E-state index in [4.69, 9.17) is 0 Å². The van der Waals surface area contributed by atoms with Gasteiger partial charge in [-0.15, -0.1) is 10.2 Å². The van der Waals surface area contributed by atoms with E-state index in [9.17, 15) is 0 Å². The highest BCUT2D eigenvalue weighted by molar-refractivity contribution is 5.70. The maximum absolute atomic E-state index is 4.24. The van der Waals surface area contributed by atoms with Gasteiger partial charge in [0.15, 0.2) is 5.82 Å². The summed E-state index contributed by atoms with van der Waals surface area (Å²) in [7, 11) is 0. The van der Waals surface area contributed by atoms with Crippen molar-refractivity contribution in [1.82, 2.24) is 9.97 Å². The van der Waals surface area contributed by atoms with Gasteiger partial charge in [0.05, 0.1) is 5.69 Å². The Morgan fingerprint density at radius 1 is 0.714 bits per heavy atom. The van der Waals surface area contributed by atoms with E-state index in [1.54, 1.807) is 18.5 Å². The van der Waals surface area contributed by atoms with E-state index in [1.165, 1.54) is 0 Å². The van der Waals surface area contributed by atoms with E-state index in [0.29, 0.717) is 5.82 Å². The summed E-state index contributed by atoms with van der Waals surface area (Å²) < 4.78 is 0. The van der Waals surface area contributed by atoms with Gasteiger partial charge in [-0.2, -0.15) is 0 Å². The van der Waals surface area contributed by atoms with Crippen molar-refractivity contribution in [3.8, 4) is 0 Å². The van der Waals surface area contributed by atoms with Crippen molar-refractivity contribution < 1.29 is 0 Å². The number of nitrogens with zero attached hydrogens (tertiary/aromatic N) is 4. The van der Waals surface area contributed by atoms with E-state index in [2.05, 4.69) is 25.5 Å². The predicted octanol–water partition coefficient (Wildman–Crippen LogP) is 4.64. The molecule has 3 rings (SSSR count). The van der Waals surface area contributed by atoms with Crippen molar-refractivity contribution >= 4 is 23.0 Å². The maximum Gasteiger partial charge on any atom is 0.174 e. The van der Waals surface area contributed by atoms with Crippen LogP contribution < -0.4 is 5.32 Å². The molecule has 21 heavy (non-hydrogen) atoms. The number of aromatic nitrogens is 2. The predicted molar refractivity (Wildman–Crippen MR) is 82.4 cm³/mol. The zero-order chi connectivity index (χ0) is 14.3. The number of rotatable bonds is 4. The molecule has 1 N–H and O–H groups in total. The SMILES string of the molecule is c1ccc(N=Nc2ccccc2Nc2ccccn2)nc1. The van der Waals surface area contributed by atoms with Crippen LogP contribution in [0.15, 0.2) is 83.3 Å². The molecule has 5 heteroatoms. The standard InChI is InChI=1S/C16H13N5/c1-2-8-14(20-21-16-10-4-6-12-18-16)13(7-1)19-15-9-3-5-11-17-15/h1-12H,(H,17,19). The first kappa shape index (κ1) is 12.9. The van der Waals surface area contributed by atoms with Crippen LogP contribution in [0.25, 0.3) is 0 Å². The van der Waals surface area contributed by atoms with E-state index >= 15 is 0 Å². The quantitative estimate of drug-likeness (QED) is 0.706. The lowest BCUT2D eigenvalue weighted by molar-refractivity contribution is 1.15.